The molecule has 2 aromatic carbocycles. The first kappa shape index (κ1) is 31.6. The second kappa shape index (κ2) is 12.7. The summed E-state index contributed by atoms with van der Waals surface area (Å²) in [7, 11) is 1.45. The number of imide groups is 1. The van der Waals surface area contributed by atoms with Crippen molar-refractivity contribution in [2.75, 3.05) is 13.7 Å². The van der Waals surface area contributed by atoms with Crippen molar-refractivity contribution in [1.29, 1.82) is 0 Å². The zero-order valence-corrected chi connectivity index (χ0v) is 24.5. The number of alkyl carbamates (subject to hydrolysis) is 1. The highest BCUT2D eigenvalue weighted by Crippen LogP contribution is 2.39. The standard InChI is InChI=1S/C31H39FN2O7/c1-7-30(8-2,9-3)41-27(37)33-25(22-15-17-23(39-6)18-16-22)31(32,24(35)19-21-13-11-10-12-14-21)26(36)34-28(38)40-20-29(34,4)5/h10-18,25H,7-9,19-20H2,1-6H3,(H,33,37)/t25-,31+/m1/s1. The predicted molar refractivity (Wildman–Crippen MR) is 150 cm³/mol. The monoisotopic (exact) mass is 570 g/mol. The Kier molecular flexibility index (Phi) is 9.78. The SMILES string of the molecule is CCC(CC)(CC)OC(=O)N[C@H](c1ccc(OC)cc1)[C@@](F)(C(=O)Cc1ccccc1)C(=O)N1C(=O)OCC1(C)C. The number of methoxy groups -OCH3 is 1. The third kappa shape index (κ3) is 6.52. The van der Waals surface area contributed by atoms with Crippen molar-refractivity contribution in [2.24, 2.45) is 0 Å². The normalized spacial score (nSPS) is 16.8. The molecule has 41 heavy (non-hydrogen) atoms. The van der Waals surface area contributed by atoms with Gasteiger partial charge in [-0.1, -0.05) is 63.2 Å². The number of carbonyl (C=O) groups excluding carboxylic acids is 4. The Morgan fingerprint density at radius 3 is 2.10 bits per heavy atom. The maximum absolute atomic E-state index is 17.8. The molecule has 0 spiro atoms. The van der Waals surface area contributed by atoms with E-state index in [1.807, 2.05) is 20.8 Å². The first-order valence-electron chi connectivity index (χ1n) is 13.8. The Bertz CT molecular complexity index is 1240. The van der Waals surface area contributed by atoms with Crippen LogP contribution in [0.4, 0.5) is 14.0 Å². The molecule has 0 saturated carbocycles. The van der Waals surface area contributed by atoms with Crippen LogP contribution in [0.1, 0.15) is 71.0 Å². The van der Waals surface area contributed by atoms with Crippen LogP contribution in [-0.4, -0.2) is 59.3 Å². The molecule has 1 heterocycles. The molecular weight excluding hydrogens is 531 g/mol. The molecule has 1 saturated heterocycles. The number of ether oxygens (including phenoxy) is 3. The number of amides is 3. The number of rotatable bonds is 12. The van der Waals surface area contributed by atoms with Crippen molar-refractivity contribution in [1.82, 2.24) is 10.2 Å². The number of alkyl halides is 1. The Hall–Kier alpha value is -3.95. The summed E-state index contributed by atoms with van der Waals surface area (Å²) in [4.78, 5) is 54.7. The average Bonchev–Trinajstić information content (AvgIpc) is 3.25. The van der Waals surface area contributed by atoms with E-state index in [1.165, 1.54) is 45.2 Å². The number of nitrogens with zero attached hydrogens (tertiary/aromatic N) is 1. The van der Waals surface area contributed by atoms with Gasteiger partial charge in [0.25, 0.3) is 11.6 Å². The van der Waals surface area contributed by atoms with E-state index in [0.717, 1.165) is 0 Å². The largest absolute Gasteiger partial charge is 0.497 e. The molecule has 9 nitrogen and oxygen atoms in total. The van der Waals surface area contributed by atoms with Crippen LogP contribution in [0.2, 0.25) is 0 Å². The van der Waals surface area contributed by atoms with E-state index in [1.54, 1.807) is 30.3 Å². The summed E-state index contributed by atoms with van der Waals surface area (Å²) >= 11 is 0. The van der Waals surface area contributed by atoms with Crippen LogP contribution >= 0.6 is 0 Å². The molecule has 0 aliphatic carbocycles. The molecule has 10 heteroatoms. The molecular formula is C31H39FN2O7. The molecule has 1 fully saturated rings. The van der Waals surface area contributed by atoms with Crippen molar-refractivity contribution in [3.63, 3.8) is 0 Å². The van der Waals surface area contributed by atoms with E-state index < -0.39 is 53.1 Å². The van der Waals surface area contributed by atoms with Gasteiger partial charge in [0.05, 0.1) is 12.6 Å². The molecule has 0 unspecified atom stereocenters. The van der Waals surface area contributed by atoms with Gasteiger partial charge in [-0.15, -0.1) is 0 Å². The van der Waals surface area contributed by atoms with Crippen LogP contribution in [0.15, 0.2) is 54.6 Å². The van der Waals surface area contributed by atoms with Crippen LogP contribution in [0.3, 0.4) is 0 Å². The number of hydrogen-bond acceptors (Lipinski definition) is 7. The average molecular weight is 571 g/mol. The molecule has 1 aliphatic rings. The number of Topliss-reactive ketones (excluding diaryl/α,β-unsaturated/α-hetero) is 1. The molecule has 3 amide bonds. The minimum atomic E-state index is -3.42. The third-order valence-electron chi connectivity index (χ3n) is 7.82. The van der Waals surface area contributed by atoms with Crippen molar-refractivity contribution >= 4 is 23.9 Å². The van der Waals surface area contributed by atoms with Gasteiger partial charge < -0.3 is 19.5 Å². The van der Waals surface area contributed by atoms with E-state index in [9.17, 15) is 19.2 Å². The lowest BCUT2D eigenvalue weighted by atomic mass is 9.82. The Morgan fingerprint density at radius 1 is 1.02 bits per heavy atom. The molecule has 0 aromatic heterocycles. The summed E-state index contributed by atoms with van der Waals surface area (Å²) in [5.41, 5.74) is -4.94. The number of carbonyl (C=O) groups is 4. The fraction of sp³-hybridized carbons (Fsp3) is 0.484. The number of benzene rings is 2. The van der Waals surface area contributed by atoms with Gasteiger partial charge in [0.1, 0.15) is 24.0 Å². The highest BCUT2D eigenvalue weighted by Gasteiger charge is 2.61. The Labute approximate surface area is 240 Å². The quantitative estimate of drug-likeness (QED) is 0.326. The maximum atomic E-state index is 17.8. The molecule has 2 atom stereocenters. The van der Waals surface area contributed by atoms with E-state index in [0.29, 0.717) is 35.5 Å². The molecule has 0 radical (unpaired) electrons. The van der Waals surface area contributed by atoms with Crippen LogP contribution in [-0.2, 0) is 25.5 Å². The number of ketones is 1. The van der Waals surface area contributed by atoms with Gasteiger partial charge in [0, 0.05) is 6.42 Å². The van der Waals surface area contributed by atoms with Crippen molar-refractivity contribution in [2.45, 2.75) is 83.2 Å². The lowest BCUT2D eigenvalue weighted by Gasteiger charge is -2.38. The minimum absolute atomic E-state index is 0.0977. The molecule has 1 aliphatic heterocycles. The highest BCUT2D eigenvalue weighted by atomic mass is 19.1. The van der Waals surface area contributed by atoms with Crippen LogP contribution in [0, 0.1) is 0 Å². The van der Waals surface area contributed by atoms with Crippen molar-refractivity contribution in [3.8, 4) is 5.75 Å². The number of nitrogens with one attached hydrogen (secondary N) is 1. The van der Waals surface area contributed by atoms with Crippen molar-refractivity contribution in [3.05, 3.63) is 65.7 Å². The fourth-order valence-electron chi connectivity index (χ4n) is 4.97. The van der Waals surface area contributed by atoms with Gasteiger partial charge in [-0.05, 0) is 56.4 Å². The van der Waals surface area contributed by atoms with E-state index in [-0.39, 0.29) is 12.2 Å². The van der Waals surface area contributed by atoms with Crippen LogP contribution in [0.25, 0.3) is 0 Å². The second-order valence-electron chi connectivity index (χ2n) is 10.8. The Morgan fingerprint density at radius 2 is 1.61 bits per heavy atom. The van der Waals surface area contributed by atoms with Crippen molar-refractivity contribution < 1.29 is 37.8 Å². The second-order valence-corrected chi connectivity index (χ2v) is 10.8. The highest BCUT2D eigenvalue weighted by molar-refractivity contribution is 6.15. The maximum Gasteiger partial charge on any atom is 0.417 e. The summed E-state index contributed by atoms with van der Waals surface area (Å²) in [5, 5.41) is 2.49. The fourth-order valence-corrected chi connectivity index (χ4v) is 4.97. The topological polar surface area (TPSA) is 111 Å². The third-order valence-corrected chi connectivity index (χ3v) is 7.82. The smallest absolute Gasteiger partial charge is 0.417 e. The van der Waals surface area contributed by atoms with Gasteiger partial charge in [-0.25, -0.2) is 18.9 Å². The van der Waals surface area contributed by atoms with E-state index in [2.05, 4.69) is 5.32 Å². The summed E-state index contributed by atoms with van der Waals surface area (Å²) in [6.45, 7) is 8.48. The molecule has 0 bridgehead atoms. The van der Waals surface area contributed by atoms with E-state index in [4.69, 9.17) is 14.2 Å². The molecule has 3 rings (SSSR count). The summed E-state index contributed by atoms with van der Waals surface area (Å²) in [6.07, 6.45) is -1.04. The lowest BCUT2D eigenvalue weighted by Crippen LogP contribution is -2.62. The number of cyclic esters (lactones) is 1. The Balaban J connectivity index is 2.17. The lowest BCUT2D eigenvalue weighted by molar-refractivity contribution is -0.154. The summed E-state index contributed by atoms with van der Waals surface area (Å²) in [6, 6.07) is 12.4. The van der Waals surface area contributed by atoms with E-state index >= 15 is 4.39 Å². The van der Waals surface area contributed by atoms with Gasteiger partial charge in [-0.2, -0.15) is 0 Å². The van der Waals surface area contributed by atoms with Crippen LogP contribution < -0.4 is 10.1 Å². The first-order chi connectivity index (χ1) is 19.4. The summed E-state index contributed by atoms with van der Waals surface area (Å²) in [5.74, 6) is -2.13. The van der Waals surface area contributed by atoms with Gasteiger partial charge >= 0.3 is 12.2 Å². The number of hydrogen-bond donors (Lipinski definition) is 1. The molecule has 222 valence electrons. The minimum Gasteiger partial charge on any atom is -0.497 e. The molecule has 1 N–H and O–H groups in total. The van der Waals surface area contributed by atoms with Gasteiger partial charge in [-0.3, -0.25) is 9.59 Å². The number of halogens is 1. The zero-order chi connectivity index (χ0) is 30.4. The zero-order valence-electron chi connectivity index (χ0n) is 24.5. The first-order valence-corrected chi connectivity index (χ1v) is 13.8. The predicted octanol–water partition coefficient (Wildman–Crippen LogP) is 5.71. The van der Waals surface area contributed by atoms with Gasteiger partial charge in [0.15, 0.2) is 5.78 Å². The van der Waals surface area contributed by atoms with Crippen LogP contribution in [0.5, 0.6) is 5.75 Å². The summed E-state index contributed by atoms with van der Waals surface area (Å²) < 4.78 is 33.8. The van der Waals surface area contributed by atoms with Gasteiger partial charge in [0.2, 0.25) is 0 Å². The molecule has 2 aromatic rings.